The second kappa shape index (κ2) is 13.5. The van der Waals surface area contributed by atoms with Crippen LogP contribution in [0.3, 0.4) is 0 Å². The summed E-state index contributed by atoms with van der Waals surface area (Å²) in [6, 6.07) is 26.1. The average molecular weight is 540 g/mol. The standard InChI is InChI=1S/C33H37N3O4/c1-23(2)28-13-8-14-29(24(3)4)31(28)35-33(38)34-20-10-21-36(32(37)30-15-9-22-39-30)25-16-18-27(19-17-25)40-26-11-6-5-7-12-26/h5-9,11-19,22-24H,10,20-21H2,1-4H3,(H2,34,35,38). The van der Waals surface area contributed by atoms with E-state index in [9.17, 15) is 9.59 Å². The zero-order valence-corrected chi connectivity index (χ0v) is 23.5. The monoisotopic (exact) mass is 539 g/mol. The molecule has 0 radical (unpaired) electrons. The first kappa shape index (κ1) is 28.5. The maximum absolute atomic E-state index is 13.3. The first-order valence-electron chi connectivity index (χ1n) is 13.7. The first-order valence-corrected chi connectivity index (χ1v) is 13.7. The predicted octanol–water partition coefficient (Wildman–Crippen LogP) is 8.18. The Hall–Kier alpha value is -4.52. The van der Waals surface area contributed by atoms with Gasteiger partial charge in [-0.2, -0.15) is 0 Å². The molecule has 1 heterocycles. The van der Waals surface area contributed by atoms with E-state index in [-0.39, 0.29) is 29.5 Å². The van der Waals surface area contributed by atoms with E-state index in [0.717, 1.165) is 22.6 Å². The highest BCUT2D eigenvalue weighted by Gasteiger charge is 2.20. The summed E-state index contributed by atoms with van der Waals surface area (Å²) in [6.07, 6.45) is 2.03. The van der Waals surface area contributed by atoms with Crippen LogP contribution in [-0.4, -0.2) is 25.0 Å². The van der Waals surface area contributed by atoms with E-state index in [2.05, 4.69) is 50.5 Å². The molecule has 1 aromatic heterocycles. The predicted molar refractivity (Wildman–Crippen MR) is 160 cm³/mol. The van der Waals surface area contributed by atoms with Gasteiger partial charge < -0.3 is 24.7 Å². The third-order valence-corrected chi connectivity index (χ3v) is 6.56. The van der Waals surface area contributed by atoms with E-state index in [0.29, 0.717) is 30.9 Å². The molecule has 0 bridgehead atoms. The molecule has 3 amide bonds. The van der Waals surface area contributed by atoms with Crippen LogP contribution in [0.4, 0.5) is 16.2 Å². The number of nitrogens with one attached hydrogen (secondary N) is 2. The van der Waals surface area contributed by atoms with Crippen molar-refractivity contribution in [3.05, 3.63) is 108 Å². The van der Waals surface area contributed by atoms with Gasteiger partial charge in [0.15, 0.2) is 5.76 Å². The van der Waals surface area contributed by atoms with Crippen LogP contribution < -0.4 is 20.3 Å². The Morgan fingerprint density at radius 2 is 1.45 bits per heavy atom. The summed E-state index contributed by atoms with van der Waals surface area (Å²) in [6.45, 7) is 9.25. The molecule has 0 atom stereocenters. The molecule has 4 rings (SSSR count). The lowest BCUT2D eigenvalue weighted by Gasteiger charge is -2.23. The van der Waals surface area contributed by atoms with Crippen molar-refractivity contribution in [1.29, 1.82) is 0 Å². The Balaban J connectivity index is 1.40. The molecule has 0 aliphatic rings. The van der Waals surface area contributed by atoms with Gasteiger partial charge in [0.05, 0.1) is 6.26 Å². The molecule has 4 aromatic rings. The van der Waals surface area contributed by atoms with E-state index < -0.39 is 0 Å². The van der Waals surface area contributed by atoms with Gasteiger partial charge in [-0.3, -0.25) is 4.79 Å². The third-order valence-electron chi connectivity index (χ3n) is 6.56. The molecule has 7 heteroatoms. The summed E-state index contributed by atoms with van der Waals surface area (Å²) >= 11 is 0. The average Bonchev–Trinajstić information content (AvgIpc) is 3.49. The highest BCUT2D eigenvalue weighted by Crippen LogP contribution is 2.32. The van der Waals surface area contributed by atoms with Crippen LogP contribution in [0, 0.1) is 0 Å². The molecule has 3 aromatic carbocycles. The van der Waals surface area contributed by atoms with Gasteiger partial charge >= 0.3 is 6.03 Å². The minimum absolute atomic E-state index is 0.251. The van der Waals surface area contributed by atoms with Gasteiger partial charge in [0.2, 0.25) is 0 Å². The summed E-state index contributed by atoms with van der Waals surface area (Å²) in [4.78, 5) is 27.8. The number of rotatable bonds is 11. The number of amides is 3. The lowest BCUT2D eigenvalue weighted by molar-refractivity contribution is 0.0960. The largest absolute Gasteiger partial charge is 0.459 e. The van der Waals surface area contributed by atoms with E-state index in [1.165, 1.54) is 6.26 Å². The summed E-state index contributed by atoms with van der Waals surface area (Å²) in [5, 5.41) is 6.02. The van der Waals surface area contributed by atoms with Crippen molar-refractivity contribution >= 4 is 23.3 Å². The summed E-state index contributed by atoms with van der Waals surface area (Å²) < 4.78 is 11.3. The smallest absolute Gasteiger partial charge is 0.319 e. The fourth-order valence-electron chi connectivity index (χ4n) is 4.49. The van der Waals surface area contributed by atoms with Gasteiger partial charge in [0.1, 0.15) is 11.5 Å². The number of nitrogens with zero attached hydrogens (tertiary/aromatic N) is 1. The Morgan fingerprint density at radius 1 is 0.800 bits per heavy atom. The van der Waals surface area contributed by atoms with Crippen molar-refractivity contribution in [3.8, 4) is 11.5 Å². The highest BCUT2D eigenvalue weighted by molar-refractivity contribution is 6.04. The Labute approximate surface area is 236 Å². The van der Waals surface area contributed by atoms with E-state index >= 15 is 0 Å². The van der Waals surface area contributed by atoms with E-state index in [1.807, 2.05) is 60.7 Å². The van der Waals surface area contributed by atoms with Gasteiger partial charge in [-0.15, -0.1) is 0 Å². The molecule has 208 valence electrons. The van der Waals surface area contributed by atoms with Crippen molar-refractivity contribution in [3.63, 3.8) is 0 Å². The number of hydrogen-bond acceptors (Lipinski definition) is 4. The fourth-order valence-corrected chi connectivity index (χ4v) is 4.49. The van der Waals surface area contributed by atoms with Crippen LogP contribution in [0.2, 0.25) is 0 Å². The molecule has 7 nitrogen and oxygen atoms in total. The number of hydrogen-bond donors (Lipinski definition) is 2. The number of benzene rings is 3. The highest BCUT2D eigenvalue weighted by atomic mass is 16.5. The van der Waals surface area contributed by atoms with Crippen LogP contribution in [0.25, 0.3) is 0 Å². The minimum atomic E-state index is -0.263. The maximum Gasteiger partial charge on any atom is 0.319 e. The molecule has 0 aliphatic carbocycles. The van der Waals surface area contributed by atoms with Crippen molar-refractivity contribution in [2.75, 3.05) is 23.3 Å². The number of carbonyl (C=O) groups is 2. The lowest BCUT2D eigenvalue weighted by Crippen LogP contribution is -2.35. The number of furan rings is 1. The fraction of sp³-hybridized carbons (Fsp3) is 0.273. The normalized spacial score (nSPS) is 10.9. The Morgan fingerprint density at radius 3 is 2.05 bits per heavy atom. The van der Waals surface area contributed by atoms with Gasteiger partial charge in [-0.25, -0.2) is 4.79 Å². The van der Waals surface area contributed by atoms with Gasteiger partial charge in [-0.1, -0.05) is 64.1 Å². The molecular weight excluding hydrogens is 502 g/mol. The lowest BCUT2D eigenvalue weighted by atomic mass is 9.93. The van der Waals surface area contributed by atoms with Crippen molar-refractivity contribution in [1.82, 2.24) is 5.32 Å². The number of carbonyl (C=O) groups excluding carboxylic acids is 2. The minimum Gasteiger partial charge on any atom is -0.459 e. The van der Waals surface area contributed by atoms with E-state index in [4.69, 9.17) is 9.15 Å². The van der Waals surface area contributed by atoms with Gasteiger partial charge in [0.25, 0.3) is 5.91 Å². The SMILES string of the molecule is CC(C)c1cccc(C(C)C)c1NC(=O)NCCCN(C(=O)c1ccco1)c1ccc(Oc2ccccc2)cc1. The van der Waals surface area contributed by atoms with Crippen molar-refractivity contribution in [2.45, 2.75) is 46.0 Å². The topological polar surface area (TPSA) is 83.8 Å². The number of ether oxygens (including phenoxy) is 1. The number of urea groups is 1. The molecular formula is C33H37N3O4. The zero-order valence-electron chi connectivity index (χ0n) is 23.5. The molecule has 0 saturated carbocycles. The molecule has 0 unspecified atom stereocenters. The first-order chi connectivity index (χ1) is 19.3. The summed E-state index contributed by atoms with van der Waals surface area (Å²) in [5.74, 6) is 1.96. The molecule has 0 saturated heterocycles. The second-order valence-corrected chi connectivity index (χ2v) is 10.2. The number of para-hydroxylation sites is 2. The van der Waals surface area contributed by atoms with Crippen LogP contribution in [0.1, 0.15) is 67.6 Å². The quantitative estimate of drug-likeness (QED) is 0.188. The molecule has 2 N–H and O–H groups in total. The molecule has 0 aliphatic heterocycles. The molecule has 40 heavy (non-hydrogen) atoms. The third kappa shape index (κ3) is 7.32. The van der Waals surface area contributed by atoms with Gasteiger partial charge in [-0.05, 0) is 77.9 Å². The summed E-state index contributed by atoms with van der Waals surface area (Å²) in [7, 11) is 0. The van der Waals surface area contributed by atoms with Crippen LogP contribution in [-0.2, 0) is 0 Å². The zero-order chi connectivity index (χ0) is 28.5. The second-order valence-electron chi connectivity index (χ2n) is 10.2. The van der Waals surface area contributed by atoms with Crippen LogP contribution in [0.5, 0.6) is 11.5 Å². The Kier molecular flexibility index (Phi) is 9.62. The number of anilines is 2. The molecule has 0 spiro atoms. The van der Waals surface area contributed by atoms with Gasteiger partial charge in [0, 0.05) is 24.5 Å². The van der Waals surface area contributed by atoms with E-state index in [1.54, 1.807) is 17.0 Å². The van der Waals surface area contributed by atoms with Crippen LogP contribution >= 0.6 is 0 Å². The molecule has 0 fully saturated rings. The van der Waals surface area contributed by atoms with Crippen LogP contribution in [0.15, 0.2) is 95.6 Å². The van der Waals surface area contributed by atoms with Crippen molar-refractivity contribution < 1.29 is 18.7 Å². The Bertz CT molecular complexity index is 1350. The van der Waals surface area contributed by atoms with Crippen molar-refractivity contribution in [2.24, 2.45) is 0 Å². The maximum atomic E-state index is 13.3. The summed E-state index contributed by atoms with van der Waals surface area (Å²) in [5.41, 5.74) is 3.80.